The molecule has 6 nitrogen and oxygen atoms in total. The summed E-state index contributed by atoms with van der Waals surface area (Å²) in [5.41, 5.74) is 6.39. The molecule has 2 aliphatic rings. The molecule has 2 fully saturated rings. The Morgan fingerprint density at radius 1 is 0.471 bits per heavy atom. The van der Waals surface area contributed by atoms with Crippen molar-refractivity contribution in [2.24, 2.45) is 11.8 Å². The number of piperidine rings is 2. The lowest BCUT2D eigenvalue weighted by Crippen LogP contribution is -2.44. The molecule has 0 bridgehead atoms. The maximum atomic E-state index is 12.8. The molecule has 6 aromatic carbocycles. The zero-order valence-electron chi connectivity index (χ0n) is 41.5. The van der Waals surface area contributed by atoms with E-state index in [9.17, 15) is 20.1 Å². The van der Waals surface area contributed by atoms with Crippen LogP contribution in [-0.4, -0.2) is 70.2 Å². The summed E-state index contributed by atoms with van der Waals surface area (Å²) < 4.78 is 0. The Balaban J connectivity index is 0.000000201. The minimum atomic E-state index is -1.00. The highest BCUT2D eigenvalue weighted by Crippen LogP contribution is 2.43. The second kappa shape index (κ2) is 22.5. The molecule has 0 aliphatic carbocycles. The maximum Gasteiger partial charge on any atom is 0.164 e. The average Bonchev–Trinajstić information content (AvgIpc) is 3.38. The standard InChI is InChI=1S/C31H39NO2.C31H37NO2/c2*1-30(2,3)25-16-14-24(15-17-25)29(33)20-23-32-21-18-28(19-22-32)31(34,26-10-6-4-7-11-26)27-12-8-5-9-13-27/h4-17,28-29,33-34H,18-23H2,1-3H3;4-17,28,34H,18-23H2,1-3H3. The van der Waals surface area contributed by atoms with Gasteiger partial charge < -0.3 is 25.1 Å². The predicted octanol–water partition coefficient (Wildman–Crippen LogP) is 12.3. The zero-order chi connectivity index (χ0) is 48.4. The van der Waals surface area contributed by atoms with Crippen LogP contribution in [0.2, 0.25) is 0 Å². The molecule has 8 rings (SSSR count). The number of benzene rings is 6. The monoisotopic (exact) mass is 913 g/mol. The normalized spacial score (nSPS) is 16.4. The molecule has 2 aliphatic heterocycles. The third-order valence-electron chi connectivity index (χ3n) is 14.8. The van der Waals surface area contributed by atoms with Crippen molar-refractivity contribution in [3.8, 4) is 0 Å². The van der Waals surface area contributed by atoms with Gasteiger partial charge in [0.25, 0.3) is 0 Å². The van der Waals surface area contributed by atoms with Gasteiger partial charge in [0.05, 0.1) is 6.10 Å². The van der Waals surface area contributed by atoms with Crippen molar-refractivity contribution in [1.82, 2.24) is 9.80 Å². The Kier molecular flexibility index (Phi) is 16.7. The van der Waals surface area contributed by atoms with Crippen molar-refractivity contribution in [2.75, 3.05) is 39.3 Å². The van der Waals surface area contributed by atoms with Crippen LogP contribution in [-0.2, 0) is 22.0 Å². The SMILES string of the molecule is CC(C)(C)c1ccc(C(=O)CCN2CCC(C(O)(c3ccccc3)c3ccccc3)CC2)cc1.CC(C)(C)c1ccc(C(O)CCN2CCC(C(O)(c3ccccc3)c3ccccc3)CC2)cc1. The number of hydrogen-bond acceptors (Lipinski definition) is 6. The number of nitrogens with zero attached hydrogens (tertiary/aromatic N) is 2. The van der Waals surface area contributed by atoms with E-state index in [1.54, 1.807) is 0 Å². The minimum Gasteiger partial charge on any atom is -0.388 e. The molecule has 2 saturated heterocycles. The number of carbonyl (C=O) groups is 1. The summed E-state index contributed by atoms with van der Waals surface area (Å²) in [7, 11) is 0. The van der Waals surface area contributed by atoms with Gasteiger partial charge in [-0.05, 0) is 120 Å². The second-order valence-electron chi connectivity index (χ2n) is 21.4. The molecule has 6 aromatic rings. The van der Waals surface area contributed by atoms with Crippen molar-refractivity contribution in [3.63, 3.8) is 0 Å². The number of likely N-dealkylation sites (tertiary alicyclic amines) is 2. The van der Waals surface area contributed by atoms with E-state index in [-0.39, 0.29) is 28.4 Å². The van der Waals surface area contributed by atoms with E-state index in [0.29, 0.717) is 6.42 Å². The topological polar surface area (TPSA) is 84.2 Å². The van der Waals surface area contributed by atoms with E-state index >= 15 is 0 Å². The summed E-state index contributed by atoms with van der Waals surface area (Å²) in [6.07, 6.45) is 4.46. The molecule has 0 spiro atoms. The van der Waals surface area contributed by atoms with Crippen molar-refractivity contribution < 1.29 is 20.1 Å². The van der Waals surface area contributed by atoms with Gasteiger partial charge in [0.2, 0.25) is 0 Å². The van der Waals surface area contributed by atoms with Crippen LogP contribution in [0.25, 0.3) is 0 Å². The quantitative estimate of drug-likeness (QED) is 0.0944. The summed E-state index contributed by atoms with van der Waals surface area (Å²) in [5, 5.41) is 34.8. The van der Waals surface area contributed by atoms with E-state index in [1.165, 1.54) is 11.1 Å². The van der Waals surface area contributed by atoms with Crippen LogP contribution in [0.1, 0.15) is 135 Å². The van der Waals surface area contributed by atoms with Crippen LogP contribution < -0.4 is 0 Å². The molecule has 6 heteroatoms. The minimum absolute atomic E-state index is 0.0906. The number of ketones is 1. The number of aliphatic hydroxyl groups excluding tert-OH is 1. The van der Waals surface area contributed by atoms with Crippen LogP contribution in [0.3, 0.4) is 0 Å². The molecular formula is C62H76N2O4. The van der Waals surface area contributed by atoms with Crippen LogP contribution in [0.5, 0.6) is 0 Å². The van der Waals surface area contributed by atoms with Crippen LogP contribution in [0, 0.1) is 11.8 Å². The lowest BCUT2D eigenvalue weighted by atomic mass is 9.72. The highest BCUT2D eigenvalue weighted by molar-refractivity contribution is 5.96. The summed E-state index contributed by atoms with van der Waals surface area (Å²) >= 11 is 0. The Hall–Kier alpha value is -5.21. The molecule has 2 heterocycles. The second-order valence-corrected chi connectivity index (χ2v) is 21.4. The first-order valence-electron chi connectivity index (χ1n) is 25.1. The Morgan fingerprint density at radius 3 is 1.13 bits per heavy atom. The number of aliphatic hydroxyl groups is 3. The molecule has 68 heavy (non-hydrogen) atoms. The number of rotatable bonds is 14. The Morgan fingerprint density at radius 2 is 0.794 bits per heavy atom. The highest BCUT2D eigenvalue weighted by atomic mass is 16.3. The third-order valence-corrected chi connectivity index (χ3v) is 14.8. The van der Waals surface area contributed by atoms with Gasteiger partial charge in [0.1, 0.15) is 11.2 Å². The fraction of sp³-hybridized carbons (Fsp3) is 0.403. The summed E-state index contributed by atoms with van der Waals surface area (Å²) in [6.45, 7) is 18.5. The lowest BCUT2D eigenvalue weighted by molar-refractivity contribution is -0.0157. The third kappa shape index (κ3) is 12.3. The lowest BCUT2D eigenvalue weighted by Gasteiger charge is -2.42. The van der Waals surface area contributed by atoms with Gasteiger partial charge in [0, 0.05) is 25.1 Å². The Bertz CT molecular complexity index is 2350. The van der Waals surface area contributed by atoms with Gasteiger partial charge >= 0.3 is 0 Å². The van der Waals surface area contributed by atoms with Crippen molar-refractivity contribution in [1.29, 1.82) is 0 Å². The van der Waals surface area contributed by atoms with Crippen LogP contribution in [0.15, 0.2) is 170 Å². The van der Waals surface area contributed by atoms with Gasteiger partial charge in [-0.15, -0.1) is 0 Å². The van der Waals surface area contributed by atoms with E-state index in [2.05, 4.69) is 87.7 Å². The van der Waals surface area contributed by atoms with Gasteiger partial charge in [0.15, 0.2) is 5.78 Å². The van der Waals surface area contributed by atoms with Gasteiger partial charge in [-0.3, -0.25) is 4.79 Å². The predicted molar refractivity (Wildman–Crippen MR) is 279 cm³/mol. The molecule has 358 valence electrons. The van der Waals surface area contributed by atoms with Gasteiger partial charge in [-0.2, -0.15) is 0 Å². The van der Waals surface area contributed by atoms with Crippen molar-refractivity contribution >= 4 is 5.78 Å². The summed E-state index contributed by atoms with van der Waals surface area (Å²) in [6, 6.07) is 56.8. The van der Waals surface area contributed by atoms with Crippen molar-refractivity contribution in [3.05, 3.63) is 214 Å². The summed E-state index contributed by atoms with van der Waals surface area (Å²) in [5.74, 6) is 0.491. The molecule has 0 radical (unpaired) electrons. The maximum absolute atomic E-state index is 12.8. The first-order valence-corrected chi connectivity index (χ1v) is 25.1. The van der Waals surface area contributed by atoms with Crippen LogP contribution >= 0.6 is 0 Å². The highest BCUT2D eigenvalue weighted by Gasteiger charge is 2.43. The van der Waals surface area contributed by atoms with E-state index in [0.717, 1.165) is 105 Å². The number of Topliss-reactive ketones (excluding diaryl/α,β-unsaturated/α-hetero) is 1. The first-order chi connectivity index (χ1) is 32.6. The van der Waals surface area contributed by atoms with Gasteiger partial charge in [-0.1, -0.05) is 211 Å². The van der Waals surface area contributed by atoms with Crippen LogP contribution in [0.4, 0.5) is 0 Å². The molecule has 1 unspecified atom stereocenters. The molecule has 1 atom stereocenters. The molecule has 3 N–H and O–H groups in total. The van der Waals surface area contributed by atoms with E-state index < -0.39 is 17.3 Å². The fourth-order valence-electron chi connectivity index (χ4n) is 10.4. The molecule has 0 aromatic heterocycles. The first kappa shape index (κ1) is 50.7. The summed E-state index contributed by atoms with van der Waals surface area (Å²) in [4.78, 5) is 17.6. The van der Waals surface area contributed by atoms with Crippen molar-refractivity contribution in [2.45, 2.75) is 108 Å². The molecule has 0 amide bonds. The number of hydrogen-bond donors (Lipinski definition) is 3. The van der Waals surface area contributed by atoms with E-state index in [4.69, 9.17) is 0 Å². The average molecular weight is 913 g/mol. The van der Waals surface area contributed by atoms with E-state index in [1.807, 2.05) is 133 Å². The molecule has 0 saturated carbocycles. The smallest absolute Gasteiger partial charge is 0.164 e. The number of carbonyl (C=O) groups excluding carboxylic acids is 1. The van der Waals surface area contributed by atoms with Gasteiger partial charge in [-0.25, -0.2) is 0 Å². The zero-order valence-corrected chi connectivity index (χ0v) is 41.5. The molecular weight excluding hydrogens is 837 g/mol. The Labute approximate surface area is 407 Å². The fourth-order valence-corrected chi connectivity index (χ4v) is 10.4. The largest absolute Gasteiger partial charge is 0.388 e.